The van der Waals surface area contributed by atoms with Crippen LogP contribution < -0.4 is 0 Å². The molecule has 0 atom stereocenters. The molecule has 3 heteroatoms. The van der Waals surface area contributed by atoms with Crippen LogP contribution in [0.1, 0.15) is 22.1 Å². The Labute approximate surface area is 74.5 Å². The summed E-state index contributed by atoms with van der Waals surface area (Å²) in [6.45, 7) is 0. The second-order valence-corrected chi connectivity index (χ2v) is 3.58. The molecule has 0 spiro atoms. The highest BCUT2D eigenvalue weighted by atomic mass is 32.1. The van der Waals surface area contributed by atoms with E-state index < -0.39 is 0 Å². The minimum Gasteiger partial charge on any atom is -0.504 e. The van der Waals surface area contributed by atoms with Crippen LogP contribution in [-0.4, -0.2) is 10.9 Å². The monoisotopic (exact) mass is 181 g/mol. The Morgan fingerprint density at radius 1 is 1.42 bits per heavy atom. The predicted octanol–water partition coefficient (Wildman–Crippen LogP) is 2.66. The van der Waals surface area contributed by atoms with E-state index in [1.807, 2.05) is 17.5 Å². The summed E-state index contributed by atoms with van der Waals surface area (Å²) < 4.78 is 5.25. The second kappa shape index (κ2) is 3.11. The molecular formula is C9H9O2S+. The number of carbonyl (C=O) groups excluding carboxylic acids is 1. The maximum atomic E-state index is 9.05. The lowest BCUT2D eigenvalue weighted by atomic mass is 10.1. The fraction of sp³-hybridized carbons (Fsp3) is 0.222. The number of ketones is 1. The summed E-state index contributed by atoms with van der Waals surface area (Å²) in [7, 11) is 0. The summed E-state index contributed by atoms with van der Waals surface area (Å²) in [6, 6.07) is 4.02. The van der Waals surface area contributed by atoms with Gasteiger partial charge in [0, 0.05) is 6.42 Å². The maximum Gasteiger partial charge on any atom is 0.355 e. The van der Waals surface area contributed by atoms with E-state index in [0.717, 1.165) is 17.1 Å². The van der Waals surface area contributed by atoms with Gasteiger partial charge in [-0.25, -0.2) is 4.42 Å². The third-order valence-corrected chi connectivity index (χ3v) is 2.65. The number of aliphatic hydroxyl groups is 1. The molecule has 1 aromatic rings. The number of thiophene rings is 1. The smallest absolute Gasteiger partial charge is 0.355 e. The van der Waals surface area contributed by atoms with E-state index in [1.54, 1.807) is 11.3 Å². The molecule has 1 aromatic heterocycles. The maximum absolute atomic E-state index is 9.05. The van der Waals surface area contributed by atoms with E-state index in [9.17, 15) is 0 Å². The largest absolute Gasteiger partial charge is 0.504 e. The number of hydrogen-bond acceptors (Lipinski definition) is 2. The van der Waals surface area contributed by atoms with E-state index in [1.165, 1.54) is 6.26 Å². The summed E-state index contributed by atoms with van der Waals surface area (Å²) in [5.41, 5.74) is 0. The van der Waals surface area contributed by atoms with Crippen molar-refractivity contribution in [3.05, 3.63) is 34.4 Å². The van der Waals surface area contributed by atoms with E-state index in [-0.39, 0.29) is 0 Å². The van der Waals surface area contributed by atoms with Crippen molar-refractivity contribution in [1.82, 2.24) is 0 Å². The first-order valence-electron chi connectivity index (χ1n) is 3.80. The molecule has 1 aliphatic rings. The molecule has 0 fully saturated rings. The molecule has 0 saturated heterocycles. The van der Waals surface area contributed by atoms with E-state index >= 15 is 0 Å². The molecule has 0 aliphatic carbocycles. The van der Waals surface area contributed by atoms with Gasteiger partial charge in [-0.2, -0.15) is 0 Å². The van der Waals surface area contributed by atoms with Crippen molar-refractivity contribution in [2.45, 2.75) is 12.8 Å². The van der Waals surface area contributed by atoms with Crippen LogP contribution in [0.4, 0.5) is 0 Å². The minimum absolute atomic E-state index is 0.329. The second-order valence-electron chi connectivity index (χ2n) is 2.63. The van der Waals surface area contributed by atoms with Crippen molar-refractivity contribution < 1.29 is 9.53 Å². The van der Waals surface area contributed by atoms with Crippen LogP contribution in [-0.2, 0) is 0 Å². The Bertz CT molecular complexity index is 322. The summed E-state index contributed by atoms with van der Waals surface area (Å²) in [6.07, 6.45) is 2.90. The Hall–Kier alpha value is -1.09. The van der Waals surface area contributed by atoms with Gasteiger partial charge in [-0.05, 0) is 11.4 Å². The van der Waals surface area contributed by atoms with Crippen molar-refractivity contribution >= 4 is 17.1 Å². The SMILES string of the molecule is OC1=C[O+]=C(c2cccs2)CC1. The van der Waals surface area contributed by atoms with Crippen molar-refractivity contribution in [2.75, 3.05) is 0 Å². The summed E-state index contributed by atoms with van der Waals surface area (Å²) in [5.74, 6) is 1.29. The number of allylic oxidation sites excluding steroid dienone is 1. The zero-order valence-electron chi connectivity index (χ0n) is 6.49. The highest BCUT2D eigenvalue weighted by Gasteiger charge is 2.21. The molecule has 1 N–H and O–H groups in total. The molecule has 2 nitrogen and oxygen atoms in total. The molecule has 0 unspecified atom stereocenters. The lowest BCUT2D eigenvalue weighted by Gasteiger charge is -1.96. The van der Waals surface area contributed by atoms with Crippen LogP contribution in [0.15, 0.2) is 29.5 Å². The van der Waals surface area contributed by atoms with Crippen LogP contribution in [0.3, 0.4) is 0 Å². The Balaban J connectivity index is 2.27. The first-order chi connectivity index (χ1) is 5.86. The van der Waals surface area contributed by atoms with Crippen molar-refractivity contribution in [3.8, 4) is 0 Å². The Morgan fingerprint density at radius 3 is 2.92 bits per heavy atom. The molecule has 0 radical (unpaired) electrons. The summed E-state index contributed by atoms with van der Waals surface area (Å²) in [4.78, 5) is 1.15. The zero-order valence-corrected chi connectivity index (χ0v) is 7.30. The minimum atomic E-state index is 0.329. The zero-order chi connectivity index (χ0) is 8.39. The Kier molecular flexibility index (Phi) is 1.96. The highest BCUT2D eigenvalue weighted by molar-refractivity contribution is 7.12. The lowest BCUT2D eigenvalue weighted by Crippen LogP contribution is -2.03. The van der Waals surface area contributed by atoms with Gasteiger partial charge in [0.15, 0.2) is 5.76 Å². The number of hydrogen-bond donors (Lipinski definition) is 1. The van der Waals surface area contributed by atoms with Gasteiger partial charge in [-0.15, -0.1) is 11.3 Å². The average Bonchev–Trinajstić information content (AvgIpc) is 2.58. The normalized spacial score (nSPS) is 17.0. The summed E-state index contributed by atoms with van der Waals surface area (Å²) >= 11 is 1.66. The molecule has 62 valence electrons. The molecule has 0 saturated carbocycles. The number of rotatable bonds is 1. The average molecular weight is 181 g/mol. The molecule has 12 heavy (non-hydrogen) atoms. The fourth-order valence-corrected chi connectivity index (χ4v) is 1.86. The Morgan fingerprint density at radius 2 is 2.33 bits per heavy atom. The molecular weight excluding hydrogens is 172 g/mol. The van der Waals surface area contributed by atoms with Gasteiger partial charge < -0.3 is 5.11 Å². The van der Waals surface area contributed by atoms with Gasteiger partial charge in [-0.3, -0.25) is 0 Å². The molecule has 1 aliphatic heterocycles. The summed E-state index contributed by atoms with van der Waals surface area (Å²) in [5, 5.41) is 11.1. The predicted molar refractivity (Wildman–Crippen MR) is 48.6 cm³/mol. The van der Waals surface area contributed by atoms with E-state index in [2.05, 4.69) is 0 Å². The molecule has 0 bridgehead atoms. The van der Waals surface area contributed by atoms with Gasteiger partial charge >= 0.3 is 12.0 Å². The van der Waals surface area contributed by atoms with Gasteiger partial charge in [0.2, 0.25) is 0 Å². The van der Waals surface area contributed by atoms with E-state index in [0.29, 0.717) is 12.2 Å². The van der Waals surface area contributed by atoms with Crippen LogP contribution in [0.25, 0.3) is 0 Å². The molecule has 0 aromatic carbocycles. The van der Waals surface area contributed by atoms with Crippen molar-refractivity contribution in [3.63, 3.8) is 0 Å². The number of aliphatic hydroxyl groups excluding tert-OH is 1. The van der Waals surface area contributed by atoms with E-state index in [4.69, 9.17) is 9.53 Å². The molecule has 2 rings (SSSR count). The third-order valence-electron chi connectivity index (χ3n) is 1.74. The highest BCUT2D eigenvalue weighted by Crippen LogP contribution is 2.18. The van der Waals surface area contributed by atoms with Crippen LogP contribution >= 0.6 is 11.3 Å². The standard InChI is InChI=1S/C9H8O2S/c10-7-3-4-8(11-6-7)9-2-1-5-12-9/h1-2,5-6H,3-4H2/p+1. The van der Waals surface area contributed by atoms with Crippen LogP contribution in [0, 0.1) is 0 Å². The fourth-order valence-electron chi connectivity index (χ4n) is 1.12. The molecule has 0 amide bonds. The van der Waals surface area contributed by atoms with Crippen LogP contribution in [0.5, 0.6) is 0 Å². The van der Waals surface area contributed by atoms with Gasteiger partial charge in [0.1, 0.15) is 4.88 Å². The topological polar surface area (TPSA) is 31.5 Å². The molecule has 2 heterocycles. The van der Waals surface area contributed by atoms with Crippen molar-refractivity contribution in [1.29, 1.82) is 0 Å². The van der Waals surface area contributed by atoms with Gasteiger partial charge in [0.05, 0.1) is 6.42 Å². The lowest BCUT2D eigenvalue weighted by molar-refractivity contribution is -0.183. The van der Waals surface area contributed by atoms with Crippen molar-refractivity contribution in [2.24, 2.45) is 0 Å². The quantitative estimate of drug-likeness (QED) is 0.663. The third kappa shape index (κ3) is 1.41. The van der Waals surface area contributed by atoms with Gasteiger partial charge in [0.25, 0.3) is 0 Å². The first kappa shape index (κ1) is 7.55. The first-order valence-corrected chi connectivity index (χ1v) is 4.68. The van der Waals surface area contributed by atoms with Crippen LogP contribution in [0.2, 0.25) is 0 Å². The van der Waals surface area contributed by atoms with Gasteiger partial charge in [-0.1, -0.05) is 6.07 Å².